The van der Waals surface area contributed by atoms with Crippen LogP contribution in [0.5, 0.6) is 0 Å². The molecule has 102 valence electrons. The van der Waals surface area contributed by atoms with Gasteiger partial charge in [0.1, 0.15) is 17.4 Å². The first kappa shape index (κ1) is 14.7. The normalized spacial score (nSPS) is 12.7. The fourth-order valence-electron chi connectivity index (χ4n) is 1.81. The second kappa shape index (κ2) is 6.15. The van der Waals surface area contributed by atoms with Crippen LogP contribution in [0.15, 0.2) is 37.8 Å². The van der Waals surface area contributed by atoms with E-state index in [0.717, 1.165) is 6.07 Å². The Morgan fingerprint density at radius 2 is 1.95 bits per heavy atom. The van der Waals surface area contributed by atoms with E-state index >= 15 is 0 Å². The summed E-state index contributed by atoms with van der Waals surface area (Å²) in [5.74, 6) is -0.481. The van der Waals surface area contributed by atoms with E-state index in [0.29, 0.717) is 17.0 Å². The number of halogens is 4. The van der Waals surface area contributed by atoms with E-state index in [1.807, 2.05) is 6.92 Å². The van der Waals surface area contributed by atoms with Gasteiger partial charge in [0.15, 0.2) is 4.67 Å². The van der Waals surface area contributed by atoms with E-state index in [1.165, 1.54) is 6.07 Å². The van der Waals surface area contributed by atoms with Crippen molar-refractivity contribution in [3.05, 3.63) is 56.4 Å². The second-order valence-corrected chi connectivity index (χ2v) is 5.56. The van der Waals surface area contributed by atoms with Crippen LogP contribution in [0.25, 0.3) is 0 Å². The zero-order valence-corrected chi connectivity index (χ0v) is 13.2. The summed E-state index contributed by atoms with van der Waals surface area (Å²) in [6, 6.07) is 5.19. The first-order valence-electron chi connectivity index (χ1n) is 5.66. The zero-order valence-electron chi connectivity index (χ0n) is 10.0. The molecular weight excluding hydrogens is 384 g/mol. The molecule has 6 heteroatoms. The van der Waals surface area contributed by atoms with Crippen LogP contribution in [0.4, 0.5) is 8.78 Å². The number of furan rings is 1. The highest BCUT2D eigenvalue weighted by atomic mass is 79.9. The molecule has 1 N–H and O–H groups in total. The molecule has 1 aromatic carbocycles. The molecule has 0 saturated carbocycles. The molecule has 0 amide bonds. The Morgan fingerprint density at radius 1 is 1.21 bits per heavy atom. The molecule has 0 aliphatic rings. The van der Waals surface area contributed by atoms with Gasteiger partial charge in [-0.15, -0.1) is 0 Å². The van der Waals surface area contributed by atoms with Gasteiger partial charge in [0.2, 0.25) is 0 Å². The Morgan fingerprint density at radius 3 is 2.53 bits per heavy atom. The third kappa shape index (κ3) is 3.24. The topological polar surface area (TPSA) is 25.2 Å². The van der Waals surface area contributed by atoms with E-state index in [-0.39, 0.29) is 10.0 Å². The highest BCUT2D eigenvalue weighted by Crippen LogP contribution is 2.30. The van der Waals surface area contributed by atoms with Crippen LogP contribution in [-0.2, 0) is 0 Å². The molecule has 0 aliphatic carbocycles. The summed E-state index contributed by atoms with van der Waals surface area (Å²) in [5, 5.41) is 3.08. The van der Waals surface area contributed by atoms with Crippen molar-refractivity contribution >= 4 is 31.9 Å². The highest BCUT2D eigenvalue weighted by Gasteiger charge is 2.22. The minimum absolute atomic E-state index is 0.102. The summed E-state index contributed by atoms with van der Waals surface area (Å²) in [4.78, 5) is 0. The molecule has 0 radical (unpaired) electrons. The number of rotatable bonds is 4. The SMILES string of the molecule is CCNC(c1ccc(Br)o1)c1cc(F)c(Br)cc1F. The zero-order chi connectivity index (χ0) is 14.0. The minimum atomic E-state index is -0.529. The highest BCUT2D eigenvalue weighted by molar-refractivity contribution is 9.10. The predicted octanol–water partition coefficient (Wildman–Crippen LogP) is 4.78. The maximum atomic E-state index is 14.0. The fraction of sp³-hybridized carbons (Fsp3) is 0.231. The predicted molar refractivity (Wildman–Crippen MR) is 76.0 cm³/mol. The summed E-state index contributed by atoms with van der Waals surface area (Å²) in [6.45, 7) is 2.48. The van der Waals surface area contributed by atoms with Crippen molar-refractivity contribution in [3.8, 4) is 0 Å². The van der Waals surface area contributed by atoms with Crippen molar-refractivity contribution in [2.24, 2.45) is 0 Å². The number of nitrogens with one attached hydrogen (secondary N) is 1. The van der Waals surface area contributed by atoms with Gasteiger partial charge in [0.05, 0.1) is 10.5 Å². The van der Waals surface area contributed by atoms with Crippen LogP contribution in [0, 0.1) is 11.6 Å². The van der Waals surface area contributed by atoms with Gasteiger partial charge in [0, 0.05) is 5.56 Å². The quantitative estimate of drug-likeness (QED) is 0.754. The van der Waals surface area contributed by atoms with Crippen LogP contribution in [0.1, 0.15) is 24.3 Å². The molecule has 1 heterocycles. The van der Waals surface area contributed by atoms with E-state index < -0.39 is 17.7 Å². The standard InChI is InChI=1S/C13H11Br2F2NO/c1-2-18-13(11-3-4-12(15)19-11)7-5-10(17)8(14)6-9(7)16/h3-6,13,18H,2H2,1H3. The van der Waals surface area contributed by atoms with Crippen LogP contribution in [0.3, 0.4) is 0 Å². The first-order valence-corrected chi connectivity index (χ1v) is 7.24. The van der Waals surface area contributed by atoms with Crippen molar-refractivity contribution in [1.29, 1.82) is 0 Å². The Hall–Kier alpha value is -0.720. The van der Waals surface area contributed by atoms with E-state index in [4.69, 9.17) is 4.42 Å². The number of benzene rings is 1. The van der Waals surface area contributed by atoms with Gasteiger partial charge < -0.3 is 9.73 Å². The molecule has 2 aromatic rings. The van der Waals surface area contributed by atoms with Gasteiger partial charge >= 0.3 is 0 Å². The third-order valence-electron chi connectivity index (χ3n) is 2.64. The maximum Gasteiger partial charge on any atom is 0.169 e. The van der Waals surface area contributed by atoms with Crippen LogP contribution >= 0.6 is 31.9 Å². The molecule has 2 rings (SSSR count). The van der Waals surface area contributed by atoms with Crippen LogP contribution in [-0.4, -0.2) is 6.54 Å². The maximum absolute atomic E-state index is 14.0. The smallest absolute Gasteiger partial charge is 0.169 e. The lowest BCUT2D eigenvalue weighted by atomic mass is 10.0. The Bertz CT molecular complexity index is 586. The van der Waals surface area contributed by atoms with Crippen molar-refractivity contribution in [3.63, 3.8) is 0 Å². The van der Waals surface area contributed by atoms with Crippen LogP contribution in [0.2, 0.25) is 0 Å². The summed E-state index contributed by atoms with van der Waals surface area (Å²) in [7, 11) is 0. The lowest BCUT2D eigenvalue weighted by molar-refractivity contribution is 0.427. The lowest BCUT2D eigenvalue weighted by Gasteiger charge is -2.17. The molecule has 0 saturated heterocycles. The summed E-state index contributed by atoms with van der Waals surface area (Å²) >= 11 is 6.16. The molecule has 1 unspecified atom stereocenters. The van der Waals surface area contributed by atoms with Crippen molar-refractivity contribution in [1.82, 2.24) is 5.32 Å². The van der Waals surface area contributed by atoms with Gasteiger partial charge in [0.25, 0.3) is 0 Å². The van der Waals surface area contributed by atoms with E-state index in [2.05, 4.69) is 37.2 Å². The second-order valence-electron chi connectivity index (χ2n) is 3.92. The molecule has 0 fully saturated rings. The Kier molecular flexibility index (Phi) is 4.76. The van der Waals surface area contributed by atoms with Crippen LogP contribution < -0.4 is 5.32 Å². The van der Waals surface area contributed by atoms with Gasteiger partial charge in [-0.3, -0.25) is 0 Å². The van der Waals surface area contributed by atoms with Crippen molar-refractivity contribution in [2.45, 2.75) is 13.0 Å². The minimum Gasteiger partial charge on any atom is -0.452 e. The van der Waals surface area contributed by atoms with Crippen molar-refractivity contribution in [2.75, 3.05) is 6.54 Å². The molecular formula is C13H11Br2F2NO. The number of hydrogen-bond donors (Lipinski definition) is 1. The number of hydrogen-bond acceptors (Lipinski definition) is 2. The molecule has 1 atom stereocenters. The molecule has 19 heavy (non-hydrogen) atoms. The molecule has 0 aliphatic heterocycles. The van der Waals surface area contributed by atoms with Gasteiger partial charge in [-0.25, -0.2) is 8.78 Å². The fourth-order valence-corrected chi connectivity index (χ4v) is 2.45. The van der Waals surface area contributed by atoms with E-state index in [9.17, 15) is 8.78 Å². The molecule has 0 spiro atoms. The average Bonchev–Trinajstić information content (AvgIpc) is 2.78. The van der Waals surface area contributed by atoms with Gasteiger partial charge in [-0.1, -0.05) is 6.92 Å². The Balaban J connectivity index is 2.47. The largest absolute Gasteiger partial charge is 0.452 e. The molecule has 2 nitrogen and oxygen atoms in total. The summed E-state index contributed by atoms with van der Waals surface area (Å²) < 4.78 is 33.7. The van der Waals surface area contributed by atoms with Gasteiger partial charge in [-0.05, 0) is 62.7 Å². The third-order valence-corrected chi connectivity index (χ3v) is 3.67. The molecule has 1 aromatic heterocycles. The Labute approximate surface area is 126 Å². The summed E-state index contributed by atoms with van der Waals surface area (Å²) in [5.41, 5.74) is 0.212. The van der Waals surface area contributed by atoms with Crippen molar-refractivity contribution < 1.29 is 13.2 Å². The summed E-state index contributed by atoms with van der Waals surface area (Å²) in [6.07, 6.45) is 0. The van der Waals surface area contributed by atoms with E-state index in [1.54, 1.807) is 12.1 Å². The lowest BCUT2D eigenvalue weighted by Crippen LogP contribution is -2.22. The van der Waals surface area contributed by atoms with Gasteiger partial charge in [-0.2, -0.15) is 0 Å². The monoisotopic (exact) mass is 393 g/mol. The molecule has 0 bridgehead atoms. The average molecular weight is 395 g/mol. The first-order chi connectivity index (χ1) is 9.02.